The molecule has 170 valence electrons. The fourth-order valence-electron chi connectivity index (χ4n) is 9.09. The predicted molar refractivity (Wildman–Crippen MR) is 119 cm³/mol. The lowest BCUT2D eigenvalue weighted by Crippen LogP contribution is -2.53. The van der Waals surface area contributed by atoms with Crippen LogP contribution in [0.4, 0.5) is 0 Å². The van der Waals surface area contributed by atoms with Gasteiger partial charge in [0.1, 0.15) is 6.54 Å². The lowest BCUT2D eigenvalue weighted by atomic mass is 9.44. The number of carbonyl (C=O) groups excluding carboxylic acids is 1. The van der Waals surface area contributed by atoms with Gasteiger partial charge in [-0.2, -0.15) is 0 Å². The van der Waals surface area contributed by atoms with Crippen LogP contribution in [0.25, 0.3) is 0 Å². The minimum Gasteiger partial charge on any atom is -0.480 e. The van der Waals surface area contributed by atoms with Crippen LogP contribution >= 0.6 is 0 Å². The highest BCUT2D eigenvalue weighted by atomic mass is 16.4. The molecule has 8 unspecified atom stereocenters. The maximum Gasteiger partial charge on any atom is 0.322 e. The first-order chi connectivity index (χ1) is 14.3. The zero-order chi connectivity index (χ0) is 21.5. The summed E-state index contributed by atoms with van der Waals surface area (Å²) in [5.74, 6) is 3.91. The van der Waals surface area contributed by atoms with Crippen LogP contribution < -0.4 is 5.32 Å². The van der Waals surface area contributed by atoms with Crippen molar-refractivity contribution < 1.29 is 14.7 Å². The molecular weight excluding hydrogens is 374 g/mol. The second-order valence-electron chi connectivity index (χ2n) is 11.8. The van der Waals surface area contributed by atoms with E-state index < -0.39 is 5.97 Å². The molecule has 0 bridgehead atoms. The SMILES string of the molecule is CC(CCC(=O)NCC(=O)O)C1CCC2C3CCC4CCCCC4(C)C3CCC12C. The Morgan fingerprint density at radius 3 is 2.50 bits per heavy atom. The Morgan fingerprint density at radius 1 is 0.967 bits per heavy atom. The number of hydrogen-bond donors (Lipinski definition) is 2. The molecule has 4 aliphatic rings. The van der Waals surface area contributed by atoms with Crippen molar-refractivity contribution in [2.45, 2.75) is 97.8 Å². The van der Waals surface area contributed by atoms with Gasteiger partial charge >= 0.3 is 5.97 Å². The molecule has 30 heavy (non-hydrogen) atoms. The molecule has 2 N–H and O–H groups in total. The van der Waals surface area contributed by atoms with Gasteiger partial charge in [-0.25, -0.2) is 0 Å². The number of carboxylic acids is 1. The van der Waals surface area contributed by atoms with Crippen molar-refractivity contribution in [3.63, 3.8) is 0 Å². The predicted octanol–water partition coefficient (Wildman–Crippen LogP) is 5.65. The highest BCUT2D eigenvalue weighted by Crippen LogP contribution is 2.68. The number of nitrogens with one attached hydrogen (secondary N) is 1. The van der Waals surface area contributed by atoms with Gasteiger partial charge in [0.05, 0.1) is 0 Å². The third-order valence-corrected chi connectivity index (χ3v) is 10.6. The van der Waals surface area contributed by atoms with E-state index in [1.807, 2.05) is 0 Å². The summed E-state index contributed by atoms with van der Waals surface area (Å²) in [6.07, 6.45) is 15.6. The van der Waals surface area contributed by atoms with Crippen molar-refractivity contribution in [3.05, 3.63) is 0 Å². The standard InChI is InChI=1S/C26H43NO3/c1-17(7-12-23(28)27-16-24(29)30)20-10-11-21-19-9-8-18-6-4-5-14-25(18,2)22(19)13-15-26(20,21)3/h17-22H,4-16H2,1-3H3,(H,27,28)(H,29,30). The Balaban J connectivity index is 1.40. The molecule has 0 aromatic carbocycles. The molecule has 0 heterocycles. The number of amides is 1. The van der Waals surface area contributed by atoms with E-state index in [4.69, 9.17) is 5.11 Å². The zero-order valence-electron chi connectivity index (χ0n) is 19.4. The molecule has 4 aliphatic carbocycles. The summed E-state index contributed by atoms with van der Waals surface area (Å²) < 4.78 is 0. The van der Waals surface area contributed by atoms with Crippen molar-refractivity contribution >= 4 is 11.9 Å². The van der Waals surface area contributed by atoms with E-state index >= 15 is 0 Å². The van der Waals surface area contributed by atoms with Gasteiger partial charge in [0, 0.05) is 6.42 Å². The van der Waals surface area contributed by atoms with E-state index in [-0.39, 0.29) is 12.5 Å². The fraction of sp³-hybridized carbons (Fsp3) is 0.923. The lowest BCUT2D eigenvalue weighted by Gasteiger charge is -2.61. The average molecular weight is 418 g/mol. The number of rotatable bonds is 6. The van der Waals surface area contributed by atoms with Gasteiger partial charge in [0.15, 0.2) is 0 Å². The van der Waals surface area contributed by atoms with Crippen molar-refractivity contribution in [1.29, 1.82) is 0 Å². The summed E-state index contributed by atoms with van der Waals surface area (Å²) in [5.41, 5.74) is 1.05. The maximum absolute atomic E-state index is 12.0. The highest BCUT2D eigenvalue weighted by molar-refractivity contribution is 5.81. The van der Waals surface area contributed by atoms with E-state index in [9.17, 15) is 9.59 Å². The molecule has 0 saturated heterocycles. The first-order valence-corrected chi connectivity index (χ1v) is 12.7. The number of hydrogen-bond acceptors (Lipinski definition) is 2. The Kier molecular flexibility index (Phi) is 6.25. The minimum absolute atomic E-state index is 0.115. The molecule has 0 radical (unpaired) electrons. The van der Waals surface area contributed by atoms with E-state index in [0.717, 1.165) is 30.1 Å². The van der Waals surface area contributed by atoms with Crippen LogP contribution in [-0.2, 0) is 9.59 Å². The van der Waals surface area contributed by atoms with Gasteiger partial charge in [-0.1, -0.05) is 33.6 Å². The number of aliphatic carboxylic acids is 1. The van der Waals surface area contributed by atoms with Gasteiger partial charge < -0.3 is 10.4 Å². The topological polar surface area (TPSA) is 66.4 Å². The molecule has 0 aromatic heterocycles. The average Bonchev–Trinajstić information content (AvgIpc) is 3.07. The summed E-state index contributed by atoms with van der Waals surface area (Å²) in [5, 5.41) is 11.3. The molecule has 0 aromatic rings. The quantitative estimate of drug-likeness (QED) is 0.586. The molecule has 0 spiro atoms. The first-order valence-electron chi connectivity index (χ1n) is 12.7. The summed E-state index contributed by atoms with van der Waals surface area (Å²) in [6, 6.07) is 0. The van der Waals surface area contributed by atoms with E-state index in [2.05, 4.69) is 26.1 Å². The van der Waals surface area contributed by atoms with Crippen LogP contribution in [-0.4, -0.2) is 23.5 Å². The minimum atomic E-state index is -0.972. The largest absolute Gasteiger partial charge is 0.480 e. The Morgan fingerprint density at radius 2 is 1.73 bits per heavy atom. The van der Waals surface area contributed by atoms with Crippen LogP contribution in [0.1, 0.15) is 97.8 Å². The number of carbonyl (C=O) groups is 2. The van der Waals surface area contributed by atoms with Gasteiger partial charge in [-0.15, -0.1) is 0 Å². The van der Waals surface area contributed by atoms with Crippen LogP contribution in [0.5, 0.6) is 0 Å². The Hall–Kier alpha value is -1.06. The van der Waals surface area contributed by atoms with Crippen LogP contribution in [0, 0.1) is 46.3 Å². The maximum atomic E-state index is 12.0. The number of fused-ring (bicyclic) bond motifs is 5. The number of carboxylic acid groups (broad SMARTS) is 1. The van der Waals surface area contributed by atoms with Crippen molar-refractivity contribution in [2.75, 3.05) is 6.54 Å². The second kappa shape index (κ2) is 8.47. The van der Waals surface area contributed by atoms with Crippen LogP contribution in [0.3, 0.4) is 0 Å². The van der Waals surface area contributed by atoms with Crippen LogP contribution in [0.15, 0.2) is 0 Å². The van der Waals surface area contributed by atoms with Crippen molar-refractivity contribution in [3.8, 4) is 0 Å². The van der Waals surface area contributed by atoms with Crippen molar-refractivity contribution in [2.24, 2.45) is 46.3 Å². The Labute approximate surface area is 183 Å². The van der Waals surface area contributed by atoms with Crippen molar-refractivity contribution in [1.82, 2.24) is 5.32 Å². The zero-order valence-corrected chi connectivity index (χ0v) is 19.4. The molecule has 4 heteroatoms. The molecule has 4 fully saturated rings. The molecule has 8 atom stereocenters. The summed E-state index contributed by atoms with van der Waals surface area (Å²) >= 11 is 0. The van der Waals surface area contributed by atoms with E-state index in [1.54, 1.807) is 0 Å². The molecule has 1 amide bonds. The first kappa shape index (κ1) is 22.1. The highest BCUT2D eigenvalue weighted by Gasteiger charge is 2.60. The fourth-order valence-corrected chi connectivity index (χ4v) is 9.09. The third kappa shape index (κ3) is 3.81. The molecule has 4 nitrogen and oxygen atoms in total. The van der Waals surface area contributed by atoms with E-state index in [1.165, 1.54) is 64.2 Å². The summed E-state index contributed by atoms with van der Waals surface area (Å²) in [6.45, 7) is 7.32. The molecule has 4 saturated carbocycles. The third-order valence-electron chi connectivity index (χ3n) is 10.6. The van der Waals surface area contributed by atoms with Crippen LogP contribution in [0.2, 0.25) is 0 Å². The van der Waals surface area contributed by atoms with Gasteiger partial charge in [0.25, 0.3) is 0 Å². The molecule has 0 aliphatic heterocycles. The normalized spacial score (nSPS) is 43.8. The van der Waals surface area contributed by atoms with Gasteiger partial charge in [0.2, 0.25) is 5.91 Å². The second-order valence-corrected chi connectivity index (χ2v) is 11.8. The monoisotopic (exact) mass is 417 g/mol. The summed E-state index contributed by atoms with van der Waals surface area (Å²) in [4.78, 5) is 22.7. The lowest BCUT2D eigenvalue weighted by molar-refractivity contribution is -0.138. The molecule has 4 rings (SSSR count). The van der Waals surface area contributed by atoms with Gasteiger partial charge in [-0.05, 0) is 104 Å². The smallest absolute Gasteiger partial charge is 0.322 e. The van der Waals surface area contributed by atoms with E-state index in [0.29, 0.717) is 29.1 Å². The summed E-state index contributed by atoms with van der Waals surface area (Å²) in [7, 11) is 0. The Bertz CT molecular complexity index is 663. The van der Waals surface area contributed by atoms with Gasteiger partial charge in [-0.3, -0.25) is 9.59 Å². The molecular formula is C26H43NO3.